The molecule has 5 atom stereocenters. The minimum Gasteiger partial charge on any atom is -0.389 e. The molecule has 35 heavy (non-hydrogen) atoms. The third-order valence-corrected chi connectivity index (χ3v) is 9.78. The zero-order valence-electron chi connectivity index (χ0n) is 19.3. The fourth-order valence-electron chi connectivity index (χ4n) is 6.20. The van der Waals surface area contributed by atoms with Crippen molar-refractivity contribution in [3.8, 4) is 0 Å². The van der Waals surface area contributed by atoms with Gasteiger partial charge >= 0.3 is 0 Å². The van der Waals surface area contributed by atoms with Crippen LogP contribution in [0.3, 0.4) is 0 Å². The molecule has 4 N–H and O–H groups in total. The maximum atomic E-state index is 13.5. The van der Waals surface area contributed by atoms with E-state index in [1.807, 2.05) is 0 Å². The number of rotatable bonds is 7. The van der Waals surface area contributed by atoms with Crippen molar-refractivity contribution in [2.45, 2.75) is 55.5 Å². The number of sulfone groups is 1. The number of Topliss-reactive ketones (excluding diaryl/α,β-unsaturated/α-hetero) is 1. The molecular formula is C23H30N4O7S. The molecule has 1 unspecified atom stereocenters. The van der Waals surface area contributed by atoms with E-state index in [0.29, 0.717) is 31.6 Å². The van der Waals surface area contributed by atoms with E-state index >= 15 is 0 Å². The molecule has 4 heterocycles. The third kappa shape index (κ3) is 4.26. The standard InChI is InChI=1S/C23H30N4O7S/c28-11-18(29)16(8-12-4-6-24-21(12)30)26-22(31)20-14-3-1-2-13(14)10-27(20)23(32)17-9-19-15(25-17)5-7-35(19,33)34/h9,12-14,16,20,25,28H,1-8,10-11H2,(H,24,30)(H,26,31)/t12-,13-,14-,16?,20-/m0/s1. The van der Waals surface area contributed by atoms with Crippen LogP contribution in [-0.4, -0.2) is 84.4 Å². The van der Waals surface area contributed by atoms with Crippen LogP contribution < -0.4 is 10.6 Å². The average molecular weight is 507 g/mol. The van der Waals surface area contributed by atoms with Gasteiger partial charge in [-0.25, -0.2) is 8.42 Å². The number of aromatic amines is 1. The Morgan fingerprint density at radius 3 is 2.71 bits per heavy atom. The third-order valence-electron chi connectivity index (χ3n) is 8.01. The van der Waals surface area contributed by atoms with Crippen LogP contribution in [0.2, 0.25) is 0 Å². The second-order valence-electron chi connectivity index (χ2n) is 10.0. The van der Waals surface area contributed by atoms with Gasteiger partial charge in [-0.2, -0.15) is 0 Å². The first-order valence-electron chi connectivity index (χ1n) is 12.2. The van der Waals surface area contributed by atoms with Crippen LogP contribution >= 0.6 is 0 Å². The summed E-state index contributed by atoms with van der Waals surface area (Å²) < 4.78 is 24.5. The number of H-pyrrole nitrogens is 1. The van der Waals surface area contributed by atoms with E-state index in [9.17, 15) is 32.7 Å². The molecule has 1 aromatic heterocycles. The molecule has 12 heteroatoms. The quantitative estimate of drug-likeness (QED) is 0.374. The summed E-state index contributed by atoms with van der Waals surface area (Å²) in [7, 11) is -3.41. The molecule has 3 fully saturated rings. The number of aryl methyl sites for hydroxylation is 1. The van der Waals surface area contributed by atoms with Crippen molar-refractivity contribution in [3.05, 3.63) is 17.5 Å². The predicted molar refractivity (Wildman–Crippen MR) is 122 cm³/mol. The number of ketones is 1. The van der Waals surface area contributed by atoms with E-state index in [0.717, 1.165) is 19.3 Å². The van der Waals surface area contributed by atoms with Gasteiger partial charge in [0.1, 0.15) is 18.3 Å². The van der Waals surface area contributed by atoms with Crippen LogP contribution in [0, 0.1) is 17.8 Å². The van der Waals surface area contributed by atoms with Gasteiger partial charge in [-0.15, -0.1) is 0 Å². The highest BCUT2D eigenvalue weighted by Gasteiger charge is 2.50. The first-order valence-corrected chi connectivity index (χ1v) is 13.8. The summed E-state index contributed by atoms with van der Waals surface area (Å²) in [5.74, 6) is -2.02. The molecule has 1 aromatic rings. The second kappa shape index (κ2) is 9.05. The monoisotopic (exact) mass is 506 g/mol. The van der Waals surface area contributed by atoms with Gasteiger partial charge in [0.2, 0.25) is 11.8 Å². The molecule has 4 aliphatic rings. The normalized spacial score (nSPS) is 29.5. The minimum atomic E-state index is -3.41. The summed E-state index contributed by atoms with van der Waals surface area (Å²) in [6, 6.07) is -0.478. The first kappa shape index (κ1) is 24.0. The highest BCUT2D eigenvalue weighted by Crippen LogP contribution is 2.43. The lowest BCUT2D eigenvalue weighted by atomic mass is 9.92. The van der Waals surface area contributed by atoms with Crippen molar-refractivity contribution >= 4 is 33.3 Å². The zero-order valence-corrected chi connectivity index (χ0v) is 20.1. The van der Waals surface area contributed by atoms with Crippen LogP contribution in [0.25, 0.3) is 0 Å². The summed E-state index contributed by atoms with van der Waals surface area (Å²) in [4.78, 5) is 56.0. The highest BCUT2D eigenvalue weighted by molar-refractivity contribution is 7.91. The molecule has 1 aliphatic carbocycles. The molecule has 3 amide bonds. The highest BCUT2D eigenvalue weighted by atomic mass is 32.2. The van der Waals surface area contributed by atoms with E-state index in [4.69, 9.17) is 0 Å². The number of nitrogens with zero attached hydrogens (tertiary/aromatic N) is 1. The van der Waals surface area contributed by atoms with Gasteiger partial charge in [-0.05, 0) is 43.6 Å². The van der Waals surface area contributed by atoms with Crippen LogP contribution in [-0.2, 0) is 30.6 Å². The summed E-state index contributed by atoms with van der Waals surface area (Å²) in [6.45, 7) is 0.116. The van der Waals surface area contributed by atoms with Gasteiger partial charge in [0, 0.05) is 31.1 Å². The number of carbonyl (C=O) groups is 4. The van der Waals surface area contributed by atoms with Crippen molar-refractivity contribution < 1.29 is 32.7 Å². The Bertz CT molecular complexity index is 1180. The number of aliphatic hydroxyl groups is 1. The molecule has 190 valence electrons. The number of carbonyl (C=O) groups excluding carboxylic acids is 4. The summed E-state index contributed by atoms with van der Waals surface area (Å²) in [5, 5.41) is 14.9. The molecule has 11 nitrogen and oxygen atoms in total. The van der Waals surface area contributed by atoms with E-state index in [-0.39, 0.29) is 40.5 Å². The minimum absolute atomic E-state index is 0.0147. The first-order chi connectivity index (χ1) is 16.7. The van der Waals surface area contributed by atoms with E-state index in [1.165, 1.54) is 11.0 Å². The lowest BCUT2D eigenvalue weighted by Gasteiger charge is -2.29. The second-order valence-corrected chi connectivity index (χ2v) is 12.1. The number of hydrogen-bond donors (Lipinski definition) is 4. The largest absolute Gasteiger partial charge is 0.389 e. The Hall–Kier alpha value is -2.73. The van der Waals surface area contributed by atoms with Crippen molar-refractivity contribution in [1.29, 1.82) is 0 Å². The lowest BCUT2D eigenvalue weighted by molar-refractivity contribution is -0.133. The van der Waals surface area contributed by atoms with Crippen LogP contribution in [0.5, 0.6) is 0 Å². The Morgan fingerprint density at radius 1 is 1.23 bits per heavy atom. The molecule has 2 saturated heterocycles. The summed E-state index contributed by atoms with van der Waals surface area (Å²) in [5.41, 5.74) is 0.652. The van der Waals surface area contributed by atoms with Crippen molar-refractivity contribution in [2.24, 2.45) is 17.8 Å². The molecule has 0 radical (unpaired) electrons. The number of aromatic nitrogens is 1. The maximum Gasteiger partial charge on any atom is 0.271 e. The van der Waals surface area contributed by atoms with E-state index in [2.05, 4.69) is 15.6 Å². The van der Waals surface area contributed by atoms with Crippen molar-refractivity contribution in [1.82, 2.24) is 20.5 Å². The van der Waals surface area contributed by atoms with Crippen molar-refractivity contribution in [2.75, 3.05) is 25.4 Å². The van der Waals surface area contributed by atoms with Crippen molar-refractivity contribution in [3.63, 3.8) is 0 Å². The van der Waals surface area contributed by atoms with E-state index in [1.54, 1.807) is 0 Å². The Balaban J connectivity index is 1.37. The number of nitrogens with one attached hydrogen (secondary N) is 3. The Kier molecular flexibility index (Phi) is 6.20. The molecular weight excluding hydrogens is 476 g/mol. The number of aliphatic hydroxyl groups excluding tert-OH is 1. The van der Waals surface area contributed by atoms with Gasteiger partial charge in [0.05, 0.1) is 16.7 Å². The number of hydrogen-bond acceptors (Lipinski definition) is 7. The number of fused-ring (bicyclic) bond motifs is 2. The number of amides is 3. The van der Waals surface area contributed by atoms with Gasteiger partial charge < -0.3 is 25.6 Å². The fraction of sp³-hybridized carbons (Fsp3) is 0.652. The molecule has 0 bridgehead atoms. The molecule has 5 rings (SSSR count). The number of likely N-dealkylation sites (tertiary alicyclic amines) is 1. The van der Waals surface area contributed by atoms with Crippen LogP contribution in [0.1, 0.15) is 48.3 Å². The zero-order chi connectivity index (χ0) is 24.9. The Labute approximate surface area is 202 Å². The molecule has 0 aromatic carbocycles. The van der Waals surface area contributed by atoms with Crippen LogP contribution in [0.15, 0.2) is 11.0 Å². The SMILES string of the molecule is O=C(CO)C(C[C@@H]1CCNC1=O)NC(=O)[C@@H]1[C@H]2CCC[C@H]2CN1C(=O)c1cc2c([nH]1)CCS2(=O)=O. The predicted octanol–water partition coefficient (Wildman–Crippen LogP) is -0.842. The van der Waals surface area contributed by atoms with Gasteiger partial charge in [-0.3, -0.25) is 19.2 Å². The topological polar surface area (TPSA) is 166 Å². The van der Waals surface area contributed by atoms with Gasteiger partial charge in [0.25, 0.3) is 5.91 Å². The summed E-state index contributed by atoms with van der Waals surface area (Å²) in [6.07, 6.45) is 3.55. The Morgan fingerprint density at radius 2 is 2.03 bits per heavy atom. The van der Waals surface area contributed by atoms with Gasteiger partial charge in [-0.1, -0.05) is 6.42 Å². The fourth-order valence-corrected chi connectivity index (χ4v) is 7.72. The smallest absolute Gasteiger partial charge is 0.271 e. The molecule has 0 spiro atoms. The molecule has 3 aliphatic heterocycles. The molecule has 1 saturated carbocycles. The van der Waals surface area contributed by atoms with E-state index < -0.39 is 52.0 Å². The maximum absolute atomic E-state index is 13.5. The lowest BCUT2D eigenvalue weighted by Crippen LogP contribution is -2.53. The average Bonchev–Trinajstić information content (AvgIpc) is 3.61. The van der Waals surface area contributed by atoms with Crippen LogP contribution in [0.4, 0.5) is 0 Å². The summed E-state index contributed by atoms with van der Waals surface area (Å²) >= 11 is 0. The van der Waals surface area contributed by atoms with Gasteiger partial charge in [0.15, 0.2) is 15.6 Å².